The highest BCUT2D eigenvalue weighted by molar-refractivity contribution is 6.30. The third-order valence-corrected chi connectivity index (χ3v) is 3.00. The zero-order valence-corrected chi connectivity index (χ0v) is 10.5. The molecule has 0 spiro atoms. The van der Waals surface area contributed by atoms with E-state index in [4.69, 9.17) is 17.3 Å². The maximum atomic E-state index is 5.97. The highest BCUT2D eigenvalue weighted by atomic mass is 35.5. The lowest BCUT2D eigenvalue weighted by molar-refractivity contribution is 1.05. The molecule has 0 atom stereocenters. The Hall–Kier alpha value is -1.51. The van der Waals surface area contributed by atoms with Crippen LogP contribution in [0.4, 0.5) is 11.4 Å². The summed E-state index contributed by atoms with van der Waals surface area (Å²) in [5.74, 6) is 0. The van der Waals surface area contributed by atoms with Crippen molar-refractivity contribution >= 4 is 23.0 Å². The Morgan fingerprint density at radius 1 is 1.12 bits per heavy atom. The lowest BCUT2D eigenvalue weighted by Crippen LogP contribution is -2.13. The summed E-state index contributed by atoms with van der Waals surface area (Å²) in [5, 5.41) is 0.718. The van der Waals surface area contributed by atoms with Crippen molar-refractivity contribution in [3.63, 3.8) is 0 Å². The molecule has 2 rings (SSSR count). The van der Waals surface area contributed by atoms with Crippen LogP contribution in [0.5, 0.6) is 0 Å². The largest absolute Gasteiger partial charge is 0.344 e. The number of halogens is 1. The molecule has 17 heavy (non-hydrogen) atoms. The Morgan fingerprint density at radius 2 is 1.82 bits per heavy atom. The summed E-state index contributed by atoms with van der Waals surface area (Å²) >= 11 is 5.97. The van der Waals surface area contributed by atoms with Crippen molar-refractivity contribution in [1.29, 1.82) is 0 Å². The average molecular weight is 247 g/mol. The van der Waals surface area contributed by atoms with E-state index in [9.17, 15) is 0 Å². The number of anilines is 2. The first-order valence-electron chi connectivity index (χ1n) is 5.49. The van der Waals surface area contributed by atoms with Crippen LogP contribution in [-0.4, -0.2) is 7.05 Å². The third-order valence-electron chi connectivity index (χ3n) is 2.77. The van der Waals surface area contributed by atoms with Gasteiger partial charge in [-0.2, -0.15) is 0 Å². The molecule has 3 heteroatoms. The van der Waals surface area contributed by atoms with Crippen molar-refractivity contribution in [2.45, 2.75) is 6.54 Å². The number of benzene rings is 2. The molecule has 2 aromatic rings. The number of hydrogen-bond acceptors (Lipinski definition) is 2. The molecular formula is C14H15ClN2. The maximum Gasteiger partial charge on any atom is 0.0454 e. The zero-order valence-electron chi connectivity index (χ0n) is 9.73. The summed E-state index contributed by atoms with van der Waals surface area (Å²) in [6, 6.07) is 16.0. The van der Waals surface area contributed by atoms with Gasteiger partial charge in [0.15, 0.2) is 0 Å². The zero-order chi connectivity index (χ0) is 12.3. The summed E-state index contributed by atoms with van der Waals surface area (Å²) in [5.41, 5.74) is 9.01. The quantitative estimate of drug-likeness (QED) is 0.897. The van der Waals surface area contributed by atoms with E-state index in [0.29, 0.717) is 6.54 Å². The summed E-state index contributed by atoms with van der Waals surface area (Å²) in [4.78, 5) is 2.11. The third kappa shape index (κ3) is 2.60. The second kappa shape index (κ2) is 5.21. The summed E-state index contributed by atoms with van der Waals surface area (Å²) in [6.07, 6.45) is 0. The van der Waals surface area contributed by atoms with Gasteiger partial charge in [-0.1, -0.05) is 29.8 Å². The number of nitrogens with two attached hydrogens (primary N) is 1. The molecule has 0 amide bonds. The van der Waals surface area contributed by atoms with Crippen LogP contribution in [0, 0.1) is 0 Å². The van der Waals surface area contributed by atoms with Gasteiger partial charge >= 0.3 is 0 Å². The molecule has 0 saturated carbocycles. The van der Waals surface area contributed by atoms with E-state index in [-0.39, 0.29) is 0 Å². The van der Waals surface area contributed by atoms with Crippen LogP contribution < -0.4 is 10.6 Å². The Bertz CT molecular complexity index is 497. The molecule has 0 bridgehead atoms. The Balaban J connectivity index is 2.40. The minimum absolute atomic E-state index is 0.479. The standard InChI is InChI=1S/C14H15ClN2/c1-17(13-5-3-2-4-6-13)14-8-7-12(15)9-11(14)10-16/h2-9H,10,16H2,1H3. The molecule has 0 aliphatic carbocycles. The fourth-order valence-corrected chi connectivity index (χ4v) is 2.03. The minimum Gasteiger partial charge on any atom is -0.344 e. The first-order valence-corrected chi connectivity index (χ1v) is 5.87. The predicted molar refractivity (Wildman–Crippen MR) is 73.8 cm³/mol. The van der Waals surface area contributed by atoms with Crippen LogP contribution in [-0.2, 0) is 6.54 Å². The molecule has 0 aliphatic heterocycles. The Kier molecular flexibility index (Phi) is 3.67. The molecule has 0 aliphatic rings. The van der Waals surface area contributed by atoms with Crippen molar-refractivity contribution in [1.82, 2.24) is 0 Å². The van der Waals surface area contributed by atoms with Crippen molar-refractivity contribution in [3.05, 3.63) is 59.1 Å². The van der Waals surface area contributed by atoms with Gasteiger partial charge in [-0.25, -0.2) is 0 Å². The van der Waals surface area contributed by atoms with Gasteiger partial charge in [-0.05, 0) is 35.9 Å². The molecule has 0 fully saturated rings. The maximum absolute atomic E-state index is 5.97. The average Bonchev–Trinajstić information content (AvgIpc) is 2.39. The van der Waals surface area contributed by atoms with Gasteiger partial charge < -0.3 is 10.6 Å². The molecule has 0 radical (unpaired) electrons. The van der Waals surface area contributed by atoms with Gasteiger partial charge in [-0.15, -0.1) is 0 Å². The molecule has 0 unspecified atom stereocenters. The van der Waals surface area contributed by atoms with E-state index in [1.54, 1.807) is 0 Å². The van der Waals surface area contributed by atoms with E-state index in [0.717, 1.165) is 22.0 Å². The van der Waals surface area contributed by atoms with Crippen LogP contribution in [0.25, 0.3) is 0 Å². The fraction of sp³-hybridized carbons (Fsp3) is 0.143. The second-order valence-electron chi connectivity index (χ2n) is 3.87. The van der Waals surface area contributed by atoms with Crippen LogP contribution in [0.3, 0.4) is 0 Å². The van der Waals surface area contributed by atoms with E-state index in [2.05, 4.69) is 17.0 Å². The van der Waals surface area contributed by atoms with Crippen molar-refractivity contribution < 1.29 is 0 Å². The van der Waals surface area contributed by atoms with Crippen molar-refractivity contribution in [2.24, 2.45) is 5.73 Å². The number of rotatable bonds is 3. The Labute approximate surface area is 107 Å². The first-order chi connectivity index (χ1) is 8.22. The summed E-state index contributed by atoms with van der Waals surface area (Å²) in [6.45, 7) is 0.479. The highest BCUT2D eigenvalue weighted by Gasteiger charge is 2.08. The van der Waals surface area contributed by atoms with Gasteiger partial charge in [0.05, 0.1) is 0 Å². The number of hydrogen-bond donors (Lipinski definition) is 1. The van der Waals surface area contributed by atoms with Gasteiger partial charge in [0.2, 0.25) is 0 Å². The molecule has 2 nitrogen and oxygen atoms in total. The lowest BCUT2D eigenvalue weighted by Gasteiger charge is -2.22. The molecule has 88 valence electrons. The smallest absolute Gasteiger partial charge is 0.0454 e. The summed E-state index contributed by atoms with van der Waals surface area (Å²) < 4.78 is 0. The van der Waals surface area contributed by atoms with E-state index >= 15 is 0 Å². The lowest BCUT2D eigenvalue weighted by atomic mass is 10.1. The van der Waals surface area contributed by atoms with Gasteiger partial charge in [0.25, 0.3) is 0 Å². The normalized spacial score (nSPS) is 10.3. The molecule has 2 N–H and O–H groups in total. The fourth-order valence-electron chi connectivity index (χ4n) is 1.84. The SMILES string of the molecule is CN(c1ccccc1)c1ccc(Cl)cc1CN. The van der Waals surface area contributed by atoms with Gasteiger partial charge in [-0.3, -0.25) is 0 Å². The molecule has 2 aromatic carbocycles. The summed E-state index contributed by atoms with van der Waals surface area (Å²) in [7, 11) is 2.03. The van der Waals surface area contributed by atoms with Crippen LogP contribution >= 0.6 is 11.6 Å². The number of para-hydroxylation sites is 1. The molecular weight excluding hydrogens is 232 g/mol. The van der Waals surface area contributed by atoms with Gasteiger partial charge in [0, 0.05) is 30.0 Å². The van der Waals surface area contributed by atoms with E-state index in [1.165, 1.54) is 0 Å². The van der Waals surface area contributed by atoms with Crippen LogP contribution in [0.15, 0.2) is 48.5 Å². The Morgan fingerprint density at radius 3 is 2.47 bits per heavy atom. The number of nitrogens with zero attached hydrogens (tertiary/aromatic N) is 1. The predicted octanol–water partition coefficient (Wildman–Crippen LogP) is 3.57. The van der Waals surface area contributed by atoms with Gasteiger partial charge in [0.1, 0.15) is 0 Å². The van der Waals surface area contributed by atoms with E-state index < -0.39 is 0 Å². The van der Waals surface area contributed by atoms with Crippen molar-refractivity contribution in [3.8, 4) is 0 Å². The monoisotopic (exact) mass is 246 g/mol. The minimum atomic E-state index is 0.479. The highest BCUT2D eigenvalue weighted by Crippen LogP contribution is 2.28. The topological polar surface area (TPSA) is 29.3 Å². The van der Waals surface area contributed by atoms with Crippen LogP contribution in [0.1, 0.15) is 5.56 Å². The molecule has 0 aromatic heterocycles. The van der Waals surface area contributed by atoms with Crippen molar-refractivity contribution in [2.75, 3.05) is 11.9 Å². The molecule has 0 saturated heterocycles. The van der Waals surface area contributed by atoms with Crippen LogP contribution in [0.2, 0.25) is 5.02 Å². The van der Waals surface area contributed by atoms with E-state index in [1.807, 2.05) is 43.4 Å². The molecule has 0 heterocycles. The second-order valence-corrected chi connectivity index (χ2v) is 4.31. The first kappa shape index (κ1) is 12.0.